The van der Waals surface area contributed by atoms with E-state index in [1.54, 1.807) is 26.4 Å². The number of nitrogens with two attached hydrogens (primary N) is 1. The molecular formula is C22H25N3O5. The Bertz CT molecular complexity index is 1090. The zero-order valence-corrected chi connectivity index (χ0v) is 17.0. The predicted molar refractivity (Wildman–Crippen MR) is 114 cm³/mol. The molecule has 0 atom stereocenters. The van der Waals surface area contributed by atoms with Crippen molar-refractivity contribution in [3.05, 3.63) is 86.6 Å². The summed E-state index contributed by atoms with van der Waals surface area (Å²) in [5.74, 6) is 1.61. The predicted octanol–water partition coefficient (Wildman–Crippen LogP) is 1.46. The van der Waals surface area contributed by atoms with E-state index in [-0.39, 0.29) is 32.1 Å². The van der Waals surface area contributed by atoms with Crippen molar-refractivity contribution in [3.63, 3.8) is 0 Å². The van der Waals surface area contributed by atoms with Crippen molar-refractivity contribution in [3.8, 4) is 17.4 Å². The van der Waals surface area contributed by atoms with Gasteiger partial charge >= 0.3 is 5.69 Å². The second-order valence-electron chi connectivity index (χ2n) is 6.61. The van der Waals surface area contributed by atoms with Crippen LogP contribution >= 0.6 is 0 Å². The van der Waals surface area contributed by atoms with Crippen LogP contribution in [0, 0.1) is 0 Å². The van der Waals surface area contributed by atoms with Gasteiger partial charge in [-0.1, -0.05) is 24.3 Å². The molecule has 0 aliphatic carbocycles. The van der Waals surface area contributed by atoms with Crippen molar-refractivity contribution in [2.75, 3.05) is 27.4 Å². The van der Waals surface area contributed by atoms with Crippen LogP contribution < -0.4 is 31.2 Å². The Morgan fingerprint density at radius 2 is 1.30 bits per heavy atom. The first-order valence-corrected chi connectivity index (χ1v) is 9.49. The molecule has 0 fully saturated rings. The second kappa shape index (κ2) is 9.80. The summed E-state index contributed by atoms with van der Waals surface area (Å²) >= 11 is 0. The van der Waals surface area contributed by atoms with Crippen LogP contribution in [0.4, 0.5) is 0 Å². The number of hydrogen-bond donors (Lipinski definition) is 1. The molecule has 0 saturated carbocycles. The van der Waals surface area contributed by atoms with E-state index >= 15 is 0 Å². The van der Waals surface area contributed by atoms with Gasteiger partial charge in [0.1, 0.15) is 18.1 Å². The van der Waals surface area contributed by atoms with Crippen LogP contribution in [0.25, 0.3) is 0 Å². The highest BCUT2D eigenvalue weighted by atomic mass is 16.5. The summed E-state index contributed by atoms with van der Waals surface area (Å²) in [6.45, 7) is 0.850. The Hall–Kier alpha value is -3.52. The fraction of sp³-hybridized carbons (Fsp3) is 0.273. The lowest BCUT2D eigenvalue weighted by Gasteiger charge is -2.16. The van der Waals surface area contributed by atoms with Crippen molar-refractivity contribution in [1.82, 2.24) is 9.13 Å². The van der Waals surface area contributed by atoms with Gasteiger partial charge in [0, 0.05) is 6.54 Å². The van der Waals surface area contributed by atoms with Gasteiger partial charge in [0.25, 0.3) is 5.56 Å². The monoisotopic (exact) mass is 411 g/mol. The van der Waals surface area contributed by atoms with Gasteiger partial charge in [0.2, 0.25) is 5.88 Å². The van der Waals surface area contributed by atoms with Crippen LogP contribution in [-0.4, -0.2) is 36.5 Å². The van der Waals surface area contributed by atoms with Crippen LogP contribution in [0.2, 0.25) is 0 Å². The maximum atomic E-state index is 13.2. The van der Waals surface area contributed by atoms with Crippen molar-refractivity contribution in [2.45, 2.75) is 13.1 Å². The normalized spacial score (nSPS) is 10.6. The third-order valence-corrected chi connectivity index (χ3v) is 4.61. The van der Waals surface area contributed by atoms with Gasteiger partial charge in [-0.3, -0.25) is 13.9 Å². The standard InChI is InChI=1S/C22H25N3O5/c1-28-18-7-3-16(4-8-18)14-24-20(26)13-21(30-12-11-23)25(22(24)27)15-17-5-9-19(29-2)10-6-17/h3-10,13H,11-12,14-15,23H2,1-2H3. The molecule has 1 heterocycles. The van der Waals surface area contributed by atoms with Crippen LogP contribution in [0.15, 0.2) is 64.2 Å². The minimum Gasteiger partial charge on any atom is -0.497 e. The molecule has 8 nitrogen and oxygen atoms in total. The Kier molecular flexibility index (Phi) is 6.92. The van der Waals surface area contributed by atoms with Crippen molar-refractivity contribution in [2.24, 2.45) is 5.73 Å². The fourth-order valence-electron chi connectivity index (χ4n) is 3.00. The quantitative estimate of drug-likeness (QED) is 0.573. The molecular weight excluding hydrogens is 386 g/mol. The van der Waals surface area contributed by atoms with E-state index in [4.69, 9.17) is 19.9 Å². The molecule has 30 heavy (non-hydrogen) atoms. The molecule has 0 bridgehead atoms. The lowest BCUT2D eigenvalue weighted by molar-refractivity contribution is 0.292. The minimum absolute atomic E-state index is 0.140. The van der Waals surface area contributed by atoms with Gasteiger partial charge in [0.05, 0.1) is 33.4 Å². The summed E-state index contributed by atoms with van der Waals surface area (Å²) in [7, 11) is 3.17. The topological polar surface area (TPSA) is 97.7 Å². The maximum Gasteiger partial charge on any atom is 0.334 e. The first kappa shape index (κ1) is 21.2. The Labute approximate surface area is 174 Å². The molecule has 2 aromatic carbocycles. The third kappa shape index (κ3) is 4.90. The van der Waals surface area contributed by atoms with E-state index in [0.717, 1.165) is 16.9 Å². The summed E-state index contributed by atoms with van der Waals surface area (Å²) in [6, 6.07) is 15.9. The molecule has 3 rings (SSSR count). The molecule has 0 spiro atoms. The van der Waals surface area contributed by atoms with Crippen molar-refractivity contribution >= 4 is 0 Å². The molecule has 0 unspecified atom stereocenters. The number of ether oxygens (including phenoxy) is 3. The molecule has 3 aromatic rings. The van der Waals surface area contributed by atoms with Gasteiger partial charge < -0.3 is 19.9 Å². The largest absolute Gasteiger partial charge is 0.497 e. The minimum atomic E-state index is -0.457. The summed E-state index contributed by atoms with van der Waals surface area (Å²) < 4.78 is 18.5. The van der Waals surface area contributed by atoms with Crippen LogP contribution in [-0.2, 0) is 13.1 Å². The van der Waals surface area contributed by atoms with E-state index < -0.39 is 11.2 Å². The van der Waals surface area contributed by atoms with Crippen LogP contribution in [0.3, 0.4) is 0 Å². The van der Waals surface area contributed by atoms with E-state index in [1.807, 2.05) is 36.4 Å². The number of aromatic nitrogens is 2. The highest BCUT2D eigenvalue weighted by molar-refractivity contribution is 5.29. The number of rotatable bonds is 9. The van der Waals surface area contributed by atoms with Crippen molar-refractivity contribution < 1.29 is 14.2 Å². The SMILES string of the molecule is COc1ccc(Cn2c(OCCN)cc(=O)n(Cc3ccc(OC)cc3)c2=O)cc1. The molecule has 0 aliphatic heterocycles. The van der Waals surface area contributed by atoms with Gasteiger partial charge in [-0.15, -0.1) is 0 Å². The smallest absolute Gasteiger partial charge is 0.334 e. The van der Waals surface area contributed by atoms with Crippen LogP contribution in [0.1, 0.15) is 11.1 Å². The highest BCUT2D eigenvalue weighted by Crippen LogP contribution is 2.15. The van der Waals surface area contributed by atoms with E-state index in [1.165, 1.54) is 15.2 Å². The Balaban J connectivity index is 1.99. The molecule has 0 amide bonds. The number of benzene rings is 2. The Morgan fingerprint density at radius 1 is 0.800 bits per heavy atom. The number of nitrogens with zero attached hydrogens (tertiary/aromatic N) is 2. The highest BCUT2D eigenvalue weighted by Gasteiger charge is 2.14. The summed E-state index contributed by atoms with van der Waals surface area (Å²) in [4.78, 5) is 25.8. The Morgan fingerprint density at radius 3 is 1.77 bits per heavy atom. The zero-order valence-electron chi connectivity index (χ0n) is 17.0. The van der Waals surface area contributed by atoms with Gasteiger partial charge in [0.15, 0.2) is 0 Å². The lowest BCUT2D eigenvalue weighted by Crippen LogP contribution is -2.40. The first-order valence-electron chi connectivity index (χ1n) is 9.49. The average Bonchev–Trinajstić information content (AvgIpc) is 2.78. The van der Waals surface area contributed by atoms with E-state index in [2.05, 4.69) is 0 Å². The molecule has 0 saturated heterocycles. The molecule has 8 heteroatoms. The number of hydrogen-bond acceptors (Lipinski definition) is 6. The number of methoxy groups -OCH3 is 2. The molecule has 1 aromatic heterocycles. The molecule has 2 N–H and O–H groups in total. The second-order valence-corrected chi connectivity index (χ2v) is 6.61. The molecule has 158 valence electrons. The van der Waals surface area contributed by atoms with E-state index in [9.17, 15) is 9.59 Å². The third-order valence-electron chi connectivity index (χ3n) is 4.61. The van der Waals surface area contributed by atoms with Crippen molar-refractivity contribution in [1.29, 1.82) is 0 Å². The average molecular weight is 411 g/mol. The van der Waals surface area contributed by atoms with Crippen LogP contribution in [0.5, 0.6) is 17.4 Å². The van der Waals surface area contributed by atoms with Gasteiger partial charge in [-0.05, 0) is 35.4 Å². The fourth-order valence-corrected chi connectivity index (χ4v) is 3.00. The molecule has 0 aliphatic rings. The van der Waals surface area contributed by atoms with Gasteiger partial charge in [-0.25, -0.2) is 4.79 Å². The maximum absolute atomic E-state index is 13.2. The molecule has 0 radical (unpaired) electrons. The zero-order chi connectivity index (χ0) is 21.5. The lowest BCUT2D eigenvalue weighted by atomic mass is 10.2. The first-order chi connectivity index (χ1) is 14.5. The van der Waals surface area contributed by atoms with Gasteiger partial charge in [-0.2, -0.15) is 0 Å². The van der Waals surface area contributed by atoms with E-state index in [0.29, 0.717) is 5.75 Å². The summed E-state index contributed by atoms with van der Waals surface area (Å²) in [5.41, 5.74) is 6.30. The summed E-state index contributed by atoms with van der Waals surface area (Å²) in [6.07, 6.45) is 0. The summed E-state index contributed by atoms with van der Waals surface area (Å²) in [5, 5.41) is 0.